The Labute approximate surface area is 201 Å². The summed E-state index contributed by atoms with van der Waals surface area (Å²) >= 11 is 0. The van der Waals surface area contributed by atoms with Gasteiger partial charge >= 0.3 is 0 Å². The molecule has 9 heteroatoms. The largest absolute Gasteiger partial charge is 0.422 e. The van der Waals surface area contributed by atoms with Crippen LogP contribution in [0.15, 0.2) is 39.3 Å². The maximum Gasteiger partial charge on any atom is 0.290 e. The zero-order chi connectivity index (χ0) is 24.7. The highest BCUT2D eigenvalue weighted by Crippen LogP contribution is 2.40. The Morgan fingerprint density at radius 1 is 1.18 bits per heavy atom. The number of hydrogen-bond acceptors (Lipinski definition) is 7. The van der Waals surface area contributed by atoms with Gasteiger partial charge in [0.05, 0.1) is 0 Å². The van der Waals surface area contributed by atoms with E-state index in [1.807, 2.05) is 38.1 Å². The molecule has 1 atom stereocenters. The second kappa shape index (κ2) is 9.11. The predicted molar refractivity (Wildman–Crippen MR) is 131 cm³/mol. The summed E-state index contributed by atoms with van der Waals surface area (Å²) < 4.78 is 17.6. The lowest BCUT2D eigenvalue weighted by Gasteiger charge is -2.37. The molecule has 0 aliphatic heterocycles. The van der Waals surface area contributed by atoms with Gasteiger partial charge in [0.2, 0.25) is 17.5 Å². The molecular formula is C25H34N4O4Si. The van der Waals surface area contributed by atoms with Gasteiger partial charge in [0.1, 0.15) is 11.8 Å². The highest BCUT2D eigenvalue weighted by Gasteiger charge is 2.40. The predicted octanol–water partition coefficient (Wildman–Crippen LogP) is 5.79. The number of nitrogens with zero attached hydrogens (tertiary/aromatic N) is 3. The van der Waals surface area contributed by atoms with Crippen molar-refractivity contribution in [3.05, 3.63) is 53.4 Å². The molecule has 0 radical (unpaired) electrons. The van der Waals surface area contributed by atoms with Gasteiger partial charge < -0.3 is 18.7 Å². The fourth-order valence-corrected chi connectivity index (χ4v) is 5.02. The maximum atomic E-state index is 12.6. The molecule has 1 saturated carbocycles. The third-order valence-corrected chi connectivity index (χ3v) is 11.5. The minimum absolute atomic E-state index is 0.0293. The van der Waals surface area contributed by atoms with Gasteiger partial charge in [-0.1, -0.05) is 55.8 Å². The van der Waals surface area contributed by atoms with E-state index in [0.717, 1.165) is 24.0 Å². The molecule has 1 amide bonds. The van der Waals surface area contributed by atoms with E-state index in [0.29, 0.717) is 17.5 Å². The number of rotatable bonds is 7. The lowest BCUT2D eigenvalue weighted by Crippen LogP contribution is -2.43. The molecule has 4 rings (SSSR count). The van der Waals surface area contributed by atoms with E-state index in [1.165, 1.54) is 0 Å². The second-order valence-corrected chi connectivity index (χ2v) is 15.5. The van der Waals surface area contributed by atoms with Crippen LogP contribution in [0.3, 0.4) is 0 Å². The summed E-state index contributed by atoms with van der Waals surface area (Å²) in [4.78, 5) is 12.6. The molecule has 1 aliphatic rings. The number of hydrogen-bond donors (Lipinski definition) is 1. The summed E-state index contributed by atoms with van der Waals surface area (Å²) in [5.41, 5.74) is 2.72. The van der Waals surface area contributed by atoms with E-state index in [-0.39, 0.29) is 34.8 Å². The summed E-state index contributed by atoms with van der Waals surface area (Å²) in [7, 11) is -1.94. The van der Waals surface area contributed by atoms with Crippen LogP contribution in [-0.4, -0.2) is 35.6 Å². The molecule has 8 nitrogen and oxygen atoms in total. The van der Waals surface area contributed by atoms with Gasteiger partial charge in [0.25, 0.3) is 5.91 Å². The topological polar surface area (TPSA) is 103 Å². The van der Waals surface area contributed by atoms with Crippen molar-refractivity contribution in [1.82, 2.24) is 20.7 Å². The molecule has 1 fully saturated rings. The molecular weight excluding hydrogens is 448 g/mol. The Kier molecular flexibility index (Phi) is 6.52. The Morgan fingerprint density at radius 2 is 1.85 bits per heavy atom. The van der Waals surface area contributed by atoms with Crippen LogP contribution >= 0.6 is 0 Å². The van der Waals surface area contributed by atoms with Gasteiger partial charge in [-0.3, -0.25) is 4.79 Å². The van der Waals surface area contributed by atoms with E-state index in [1.54, 1.807) is 6.07 Å². The van der Waals surface area contributed by atoms with E-state index in [2.05, 4.69) is 54.5 Å². The lowest BCUT2D eigenvalue weighted by molar-refractivity contribution is 0.0864. The van der Waals surface area contributed by atoms with Gasteiger partial charge in [-0.05, 0) is 44.8 Å². The highest BCUT2D eigenvalue weighted by atomic mass is 28.4. The molecule has 1 N–H and O–H groups in total. The third kappa shape index (κ3) is 5.15. The quantitative estimate of drug-likeness (QED) is 0.425. The zero-order valence-corrected chi connectivity index (χ0v) is 22.0. The Hall–Kier alpha value is -2.78. The van der Waals surface area contributed by atoms with Crippen LogP contribution in [0.5, 0.6) is 0 Å². The van der Waals surface area contributed by atoms with Crippen LogP contribution in [0.2, 0.25) is 18.1 Å². The van der Waals surface area contributed by atoms with Crippen molar-refractivity contribution >= 4 is 14.2 Å². The fraction of sp³-hybridized carbons (Fsp3) is 0.520. The first-order valence-electron chi connectivity index (χ1n) is 11.8. The molecule has 0 spiro atoms. The number of nitrogens with one attached hydrogen (secondary N) is 1. The van der Waals surface area contributed by atoms with Gasteiger partial charge in [0.15, 0.2) is 8.32 Å². The van der Waals surface area contributed by atoms with Crippen molar-refractivity contribution in [2.45, 2.75) is 83.7 Å². The molecule has 2 aromatic heterocycles. The first-order valence-corrected chi connectivity index (χ1v) is 14.7. The normalized spacial score (nSPS) is 19.5. The minimum Gasteiger partial charge on any atom is -0.422 e. The fourth-order valence-electron chi connectivity index (χ4n) is 3.68. The number of carbonyl (C=O) groups is 1. The van der Waals surface area contributed by atoms with E-state index < -0.39 is 8.32 Å². The average molecular weight is 483 g/mol. The molecule has 0 unspecified atom stereocenters. The average Bonchev–Trinajstić information content (AvgIpc) is 3.40. The molecule has 2 heterocycles. The van der Waals surface area contributed by atoms with Crippen LogP contribution in [0.1, 0.15) is 80.5 Å². The molecule has 0 saturated heterocycles. The van der Waals surface area contributed by atoms with Crippen molar-refractivity contribution in [3.8, 4) is 11.3 Å². The third-order valence-electron chi connectivity index (χ3n) is 6.99. The van der Waals surface area contributed by atoms with E-state index >= 15 is 0 Å². The van der Waals surface area contributed by atoms with Crippen molar-refractivity contribution in [1.29, 1.82) is 0 Å². The highest BCUT2D eigenvalue weighted by molar-refractivity contribution is 6.74. The minimum atomic E-state index is -1.94. The molecule has 1 aromatic carbocycles. The molecule has 34 heavy (non-hydrogen) atoms. The summed E-state index contributed by atoms with van der Waals surface area (Å²) in [5, 5.41) is 15.6. The maximum absolute atomic E-state index is 12.6. The van der Waals surface area contributed by atoms with Gasteiger partial charge in [-0.25, -0.2) is 0 Å². The van der Waals surface area contributed by atoms with Crippen molar-refractivity contribution in [2.24, 2.45) is 0 Å². The van der Waals surface area contributed by atoms with Crippen LogP contribution in [-0.2, 0) is 4.43 Å². The number of carbonyl (C=O) groups excluding carboxylic acids is 1. The molecule has 1 aliphatic carbocycles. The SMILES string of the molecule is Cc1ccc(-c2cc(C(=O)NC3CC(c4nnc([C@@H](C)O[Si](C)(C)C(C)(C)C)o4)C3)on2)cc1. The number of aryl methyl sites for hydroxylation is 1. The molecule has 3 aromatic rings. The van der Waals surface area contributed by atoms with Gasteiger partial charge in [-0.15, -0.1) is 10.2 Å². The number of benzene rings is 1. The van der Waals surface area contributed by atoms with Crippen LogP contribution in [0.4, 0.5) is 0 Å². The van der Waals surface area contributed by atoms with Crippen molar-refractivity contribution in [2.75, 3.05) is 0 Å². The van der Waals surface area contributed by atoms with Crippen LogP contribution in [0.25, 0.3) is 11.3 Å². The zero-order valence-electron chi connectivity index (χ0n) is 21.0. The monoisotopic (exact) mass is 482 g/mol. The summed E-state index contributed by atoms with van der Waals surface area (Å²) in [6, 6.07) is 9.62. The van der Waals surface area contributed by atoms with Crippen LogP contribution < -0.4 is 5.32 Å². The summed E-state index contributed by atoms with van der Waals surface area (Å²) in [6.07, 6.45) is 1.24. The van der Waals surface area contributed by atoms with Gasteiger partial charge in [0, 0.05) is 23.6 Å². The molecule has 0 bridgehead atoms. The summed E-state index contributed by atoms with van der Waals surface area (Å²) in [6.45, 7) is 15.0. The smallest absolute Gasteiger partial charge is 0.290 e. The molecule has 182 valence electrons. The van der Waals surface area contributed by atoms with E-state index in [9.17, 15) is 4.79 Å². The summed E-state index contributed by atoms with van der Waals surface area (Å²) in [5.74, 6) is 1.18. The van der Waals surface area contributed by atoms with Crippen LogP contribution in [0, 0.1) is 6.92 Å². The Bertz CT molecular complexity index is 1140. The second-order valence-electron chi connectivity index (χ2n) is 10.8. The number of amides is 1. The van der Waals surface area contributed by atoms with Gasteiger partial charge in [-0.2, -0.15) is 0 Å². The lowest BCUT2D eigenvalue weighted by atomic mass is 9.80. The van der Waals surface area contributed by atoms with E-state index in [4.69, 9.17) is 13.4 Å². The van der Waals surface area contributed by atoms with Crippen molar-refractivity contribution in [3.63, 3.8) is 0 Å². The standard InChI is InChI=1S/C25H34N4O4Si/c1-15-8-10-17(11-9-15)20-14-21(32-29-20)22(30)26-19-12-18(13-19)24-28-27-23(31-24)16(2)33-34(6,7)25(3,4)5/h8-11,14,16,18-19H,12-13H2,1-7H3,(H,26,30)/t16-,18?,19?/m1/s1. The first-order chi connectivity index (χ1) is 15.9. The first kappa shape index (κ1) is 24.3. The van der Waals surface area contributed by atoms with Crippen molar-refractivity contribution < 1.29 is 18.2 Å². The number of aromatic nitrogens is 3. The Morgan fingerprint density at radius 3 is 2.50 bits per heavy atom. The Balaban J connectivity index is 1.29.